The van der Waals surface area contributed by atoms with E-state index in [0.717, 1.165) is 26.1 Å². The number of amides is 1. The molecule has 1 atom stereocenters. The summed E-state index contributed by atoms with van der Waals surface area (Å²) >= 11 is 1.90. The van der Waals surface area contributed by atoms with Crippen LogP contribution in [0.25, 0.3) is 0 Å². The SMILES string of the molecule is Cc1ccc(CN2CCC3(CC[C@H]3NC(=O)c3cnccn3)CC2)s1. The van der Waals surface area contributed by atoms with Crippen LogP contribution in [0, 0.1) is 12.3 Å². The molecule has 1 aliphatic heterocycles. The normalized spacial score (nSPS) is 22.5. The summed E-state index contributed by atoms with van der Waals surface area (Å²) in [4.78, 5) is 25.8. The number of rotatable bonds is 4. The van der Waals surface area contributed by atoms with Crippen molar-refractivity contribution in [3.63, 3.8) is 0 Å². The Morgan fingerprint density at radius 2 is 2.16 bits per heavy atom. The Bertz CT molecular complexity index is 737. The molecular weight excluding hydrogens is 332 g/mol. The van der Waals surface area contributed by atoms with Crippen molar-refractivity contribution >= 4 is 17.2 Å². The zero-order valence-electron chi connectivity index (χ0n) is 14.6. The number of hydrogen-bond acceptors (Lipinski definition) is 5. The van der Waals surface area contributed by atoms with E-state index in [0.29, 0.717) is 11.1 Å². The zero-order valence-corrected chi connectivity index (χ0v) is 15.4. The van der Waals surface area contributed by atoms with Crippen LogP contribution in [0.2, 0.25) is 0 Å². The minimum atomic E-state index is -0.0892. The number of likely N-dealkylation sites (tertiary alicyclic amines) is 1. The van der Waals surface area contributed by atoms with Crippen LogP contribution in [-0.4, -0.2) is 39.9 Å². The Hall–Kier alpha value is -1.79. The van der Waals surface area contributed by atoms with E-state index in [1.165, 1.54) is 35.2 Å². The van der Waals surface area contributed by atoms with Gasteiger partial charge in [0.1, 0.15) is 5.69 Å². The molecule has 2 fully saturated rings. The van der Waals surface area contributed by atoms with Gasteiger partial charge in [-0.25, -0.2) is 4.98 Å². The van der Waals surface area contributed by atoms with Crippen molar-refractivity contribution in [2.24, 2.45) is 5.41 Å². The second kappa shape index (κ2) is 6.84. The van der Waals surface area contributed by atoms with Gasteiger partial charge in [-0.3, -0.25) is 14.7 Å². The first-order chi connectivity index (χ1) is 12.1. The largest absolute Gasteiger partial charge is 0.347 e. The first-order valence-corrected chi connectivity index (χ1v) is 9.81. The molecule has 0 unspecified atom stereocenters. The summed E-state index contributed by atoms with van der Waals surface area (Å²) in [5.74, 6) is -0.0892. The van der Waals surface area contributed by atoms with Crippen molar-refractivity contribution in [1.29, 1.82) is 0 Å². The number of nitrogens with zero attached hydrogens (tertiary/aromatic N) is 3. The molecule has 2 aromatic heterocycles. The van der Waals surface area contributed by atoms with Crippen LogP contribution >= 0.6 is 11.3 Å². The fourth-order valence-corrected chi connectivity index (χ4v) is 5.05. The van der Waals surface area contributed by atoms with E-state index >= 15 is 0 Å². The maximum Gasteiger partial charge on any atom is 0.271 e. The van der Waals surface area contributed by atoms with Crippen LogP contribution < -0.4 is 5.32 Å². The number of piperidine rings is 1. The Morgan fingerprint density at radius 1 is 1.32 bits per heavy atom. The predicted octanol–water partition coefficient (Wildman–Crippen LogP) is 3.02. The number of nitrogens with one attached hydrogen (secondary N) is 1. The molecule has 1 aliphatic carbocycles. The number of carbonyl (C=O) groups excluding carboxylic acids is 1. The molecular formula is C19H24N4OS. The molecule has 3 heterocycles. The maximum atomic E-state index is 12.4. The molecule has 1 saturated heterocycles. The van der Waals surface area contributed by atoms with E-state index in [9.17, 15) is 4.79 Å². The maximum absolute atomic E-state index is 12.4. The first-order valence-electron chi connectivity index (χ1n) is 8.99. The zero-order chi connectivity index (χ0) is 17.3. The van der Waals surface area contributed by atoms with Gasteiger partial charge in [0.25, 0.3) is 5.91 Å². The summed E-state index contributed by atoms with van der Waals surface area (Å²) in [5, 5.41) is 3.20. The van der Waals surface area contributed by atoms with E-state index in [4.69, 9.17) is 0 Å². The second-order valence-corrected chi connectivity index (χ2v) is 8.68. The van der Waals surface area contributed by atoms with Gasteiger partial charge >= 0.3 is 0 Å². The van der Waals surface area contributed by atoms with E-state index in [2.05, 4.69) is 39.2 Å². The lowest BCUT2D eigenvalue weighted by molar-refractivity contribution is -0.00695. The molecule has 132 valence electrons. The average molecular weight is 356 g/mol. The number of aromatic nitrogens is 2. The fourth-order valence-electron chi connectivity index (χ4n) is 4.12. The molecule has 1 saturated carbocycles. The Kier molecular flexibility index (Phi) is 4.56. The van der Waals surface area contributed by atoms with Gasteiger partial charge in [-0.1, -0.05) is 0 Å². The quantitative estimate of drug-likeness (QED) is 0.915. The van der Waals surface area contributed by atoms with Gasteiger partial charge in [-0.2, -0.15) is 0 Å². The van der Waals surface area contributed by atoms with Gasteiger partial charge in [0.15, 0.2) is 0 Å². The van der Waals surface area contributed by atoms with Gasteiger partial charge in [0.2, 0.25) is 0 Å². The summed E-state index contributed by atoms with van der Waals surface area (Å²) in [6.45, 7) is 5.46. The van der Waals surface area contributed by atoms with Crippen LogP contribution in [0.1, 0.15) is 45.9 Å². The van der Waals surface area contributed by atoms with Crippen LogP contribution in [-0.2, 0) is 6.54 Å². The monoisotopic (exact) mass is 356 g/mol. The Labute approximate surface area is 152 Å². The number of hydrogen-bond donors (Lipinski definition) is 1. The standard InChI is InChI=1S/C19H24N4OS/c1-14-2-3-15(25-14)13-23-10-6-19(7-11-23)5-4-17(19)22-18(24)16-12-20-8-9-21-16/h2-3,8-9,12,17H,4-7,10-11,13H2,1H3,(H,22,24)/t17-/m1/s1. The van der Waals surface area contributed by atoms with Crippen LogP contribution in [0.5, 0.6) is 0 Å². The molecule has 0 bridgehead atoms. The van der Waals surface area contributed by atoms with Gasteiger partial charge < -0.3 is 5.32 Å². The highest BCUT2D eigenvalue weighted by molar-refractivity contribution is 7.11. The molecule has 4 rings (SSSR count). The van der Waals surface area contributed by atoms with Crippen LogP contribution in [0.3, 0.4) is 0 Å². The molecule has 2 aromatic rings. The number of carbonyl (C=O) groups is 1. The minimum Gasteiger partial charge on any atom is -0.347 e. The third-order valence-corrected chi connectivity index (χ3v) is 6.78. The van der Waals surface area contributed by atoms with E-state index < -0.39 is 0 Å². The highest BCUT2D eigenvalue weighted by atomic mass is 32.1. The van der Waals surface area contributed by atoms with Crippen molar-refractivity contribution < 1.29 is 4.79 Å². The van der Waals surface area contributed by atoms with Gasteiger partial charge in [0.05, 0.1) is 6.20 Å². The first kappa shape index (κ1) is 16.7. The lowest BCUT2D eigenvalue weighted by Gasteiger charge is -2.54. The Morgan fingerprint density at radius 3 is 2.76 bits per heavy atom. The lowest BCUT2D eigenvalue weighted by Crippen LogP contribution is -2.59. The lowest BCUT2D eigenvalue weighted by atomic mass is 9.59. The molecule has 6 heteroatoms. The fraction of sp³-hybridized carbons (Fsp3) is 0.526. The highest BCUT2D eigenvalue weighted by Gasteiger charge is 2.48. The number of thiophene rings is 1. The third kappa shape index (κ3) is 3.46. The van der Waals surface area contributed by atoms with E-state index in [-0.39, 0.29) is 11.9 Å². The minimum absolute atomic E-state index is 0.0892. The number of aryl methyl sites for hydroxylation is 1. The van der Waals surface area contributed by atoms with Crippen LogP contribution in [0.15, 0.2) is 30.7 Å². The van der Waals surface area contributed by atoms with Crippen LogP contribution in [0.4, 0.5) is 0 Å². The predicted molar refractivity (Wildman–Crippen MR) is 98.5 cm³/mol. The smallest absolute Gasteiger partial charge is 0.271 e. The van der Waals surface area contributed by atoms with Gasteiger partial charge in [-0.15, -0.1) is 11.3 Å². The van der Waals surface area contributed by atoms with Crippen molar-refractivity contribution in [1.82, 2.24) is 20.2 Å². The summed E-state index contributed by atoms with van der Waals surface area (Å²) in [6.07, 6.45) is 9.33. The van der Waals surface area contributed by atoms with Crippen molar-refractivity contribution in [2.45, 2.75) is 45.2 Å². The van der Waals surface area contributed by atoms with E-state index in [1.807, 2.05) is 11.3 Å². The second-order valence-electron chi connectivity index (χ2n) is 7.31. The molecule has 5 nitrogen and oxygen atoms in total. The van der Waals surface area contributed by atoms with Crippen molar-refractivity contribution in [3.8, 4) is 0 Å². The van der Waals surface area contributed by atoms with Crippen molar-refractivity contribution in [3.05, 3.63) is 46.2 Å². The summed E-state index contributed by atoms with van der Waals surface area (Å²) in [5.41, 5.74) is 0.703. The molecule has 0 radical (unpaired) electrons. The summed E-state index contributed by atoms with van der Waals surface area (Å²) < 4.78 is 0. The van der Waals surface area contributed by atoms with Gasteiger partial charge in [0, 0.05) is 34.7 Å². The third-order valence-electron chi connectivity index (χ3n) is 5.80. The van der Waals surface area contributed by atoms with E-state index in [1.54, 1.807) is 12.4 Å². The molecule has 1 N–H and O–H groups in total. The topological polar surface area (TPSA) is 58.1 Å². The molecule has 25 heavy (non-hydrogen) atoms. The van der Waals surface area contributed by atoms with Gasteiger partial charge in [-0.05, 0) is 63.2 Å². The average Bonchev–Trinajstić information content (AvgIpc) is 3.05. The Balaban J connectivity index is 1.32. The summed E-state index contributed by atoms with van der Waals surface area (Å²) in [6, 6.07) is 4.74. The van der Waals surface area contributed by atoms with Crippen molar-refractivity contribution in [2.75, 3.05) is 13.1 Å². The molecule has 0 aromatic carbocycles. The highest BCUT2D eigenvalue weighted by Crippen LogP contribution is 2.49. The molecule has 2 aliphatic rings. The molecule has 1 amide bonds. The summed E-state index contributed by atoms with van der Waals surface area (Å²) in [7, 11) is 0. The molecule has 1 spiro atoms.